The maximum absolute atomic E-state index is 13.3. The van der Waals surface area contributed by atoms with Crippen molar-refractivity contribution < 1.29 is 23.8 Å². The fourth-order valence-electron chi connectivity index (χ4n) is 6.38. The maximum Gasteiger partial charge on any atom is 0.410 e. The van der Waals surface area contributed by atoms with Crippen LogP contribution in [0.2, 0.25) is 10.0 Å². The van der Waals surface area contributed by atoms with Crippen molar-refractivity contribution in [2.24, 2.45) is 5.41 Å². The summed E-state index contributed by atoms with van der Waals surface area (Å²) in [5, 5.41) is 7.71. The van der Waals surface area contributed by atoms with Gasteiger partial charge in [-0.2, -0.15) is 0 Å². The first kappa shape index (κ1) is 37.7. The molecule has 12 heteroatoms. The number of carbonyl (C=O) groups excluding carboxylic acids is 2. The topological polar surface area (TPSA) is 115 Å². The number of rotatable bonds is 11. The Bertz CT molecular complexity index is 1960. The highest BCUT2D eigenvalue weighted by Crippen LogP contribution is 2.46. The number of benzene rings is 3. The molecule has 1 aromatic heterocycles. The van der Waals surface area contributed by atoms with E-state index in [1.165, 1.54) is 20.3 Å². The van der Waals surface area contributed by atoms with Crippen LogP contribution in [0.5, 0.6) is 11.5 Å². The van der Waals surface area contributed by atoms with Gasteiger partial charge in [0.25, 0.3) is 0 Å². The summed E-state index contributed by atoms with van der Waals surface area (Å²) in [6.07, 6.45) is 5.00. The van der Waals surface area contributed by atoms with Gasteiger partial charge >= 0.3 is 6.09 Å². The second kappa shape index (κ2) is 15.0. The van der Waals surface area contributed by atoms with Crippen LogP contribution < -0.4 is 20.1 Å². The van der Waals surface area contributed by atoms with Crippen molar-refractivity contribution in [2.45, 2.75) is 72.4 Å². The van der Waals surface area contributed by atoms with Crippen molar-refractivity contribution in [1.82, 2.24) is 14.9 Å². The molecule has 0 radical (unpaired) electrons. The summed E-state index contributed by atoms with van der Waals surface area (Å²) in [6.45, 7) is 16.1. The highest BCUT2D eigenvalue weighted by molar-refractivity contribution is 6.41. The number of amides is 2. The summed E-state index contributed by atoms with van der Waals surface area (Å²) in [5.74, 6) is 0.850. The number of ether oxygens (including phenoxy) is 3. The van der Waals surface area contributed by atoms with E-state index in [1.807, 2.05) is 62.9 Å². The Morgan fingerprint density at radius 1 is 1.06 bits per heavy atom. The van der Waals surface area contributed by atoms with Crippen LogP contribution in [-0.4, -0.2) is 59.3 Å². The lowest BCUT2D eigenvalue weighted by atomic mass is 9.68. The Labute approximate surface area is 309 Å². The molecule has 4 aromatic rings. The van der Waals surface area contributed by atoms with Gasteiger partial charge in [0.2, 0.25) is 11.9 Å². The van der Waals surface area contributed by atoms with Crippen LogP contribution in [-0.2, 0) is 16.0 Å². The summed E-state index contributed by atoms with van der Waals surface area (Å²) in [4.78, 5) is 37.0. The number of fused-ring (bicyclic) bond motifs is 1. The van der Waals surface area contributed by atoms with Crippen LogP contribution in [0.15, 0.2) is 55.3 Å². The number of aromatic nitrogens is 2. The van der Waals surface area contributed by atoms with E-state index in [0.717, 1.165) is 34.9 Å². The Balaban J connectivity index is 1.42. The lowest BCUT2D eigenvalue weighted by molar-refractivity contribution is -0.111. The molecule has 2 N–H and O–H groups in total. The van der Waals surface area contributed by atoms with Gasteiger partial charge in [-0.15, -0.1) is 0 Å². The molecule has 3 aromatic carbocycles. The minimum atomic E-state index is -0.598. The van der Waals surface area contributed by atoms with E-state index < -0.39 is 5.60 Å². The molecule has 0 aliphatic heterocycles. The van der Waals surface area contributed by atoms with Gasteiger partial charge in [-0.05, 0) is 93.3 Å². The van der Waals surface area contributed by atoms with E-state index in [2.05, 4.69) is 36.0 Å². The number of hydrogen-bond donors (Lipinski definition) is 2. The second-order valence-electron chi connectivity index (χ2n) is 14.6. The molecule has 1 aliphatic rings. The number of nitrogens with zero attached hydrogens (tertiary/aromatic N) is 3. The molecule has 0 spiro atoms. The molecule has 1 aliphatic carbocycles. The Morgan fingerprint density at radius 3 is 2.31 bits per heavy atom. The van der Waals surface area contributed by atoms with Gasteiger partial charge in [0, 0.05) is 35.8 Å². The third-order valence-corrected chi connectivity index (χ3v) is 9.55. The van der Waals surface area contributed by atoms with Crippen molar-refractivity contribution >= 4 is 63.4 Å². The average molecular weight is 735 g/mol. The molecular formula is C39H45Cl2N5O5. The van der Waals surface area contributed by atoms with Gasteiger partial charge in [-0.1, -0.05) is 55.8 Å². The number of carbonyl (C=O) groups is 2. The number of halogens is 2. The second-order valence-corrected chi connectivity index (χ2v) is 15.3. The van der Waals surface area contributed by atoms with Gasteiger partial charge in [0.1, 0.15) is 17.1 Å². The third-order valence-electron chi connectivity index (χ3n) is 8.80. The van der Waals surface area contributed by atoms with Gasteiger partial charge in [-0.25, -0.2) is 14.8 Å². The Kier molecular flexibility index (Phi) is 11.1. The van der Waals surface area contributed by atoms with Crippen LogP contribution in [0.25, 0.3) is 22.0 Å². The number of anilines is 3. The zero-order valence-electron chi connectivity index (χ0n) is 30.4. The molecule has 0 atom stereocenters. The Morgan fingerprint density at radius 2 is 1.73 bits per heavy atom. The number of nitrogens with one attached hydrogen (secondary N) is 2. The van der Waals surface area contributed by atoms with Gasteiger partial charge in [0.05, 0.1) is 41.2 Å². The summed E-state index contributed by atoms with van der Waals surface area (Å²) in [5.41, 5.74) is 4.56. The highest BCUT2D eigenvalue weighted by Gasteiger charge is 2.42. The van der Waals surface area contributed by atoms with Crippen LogP contribution >= 0.6 is 23.2 Å². The lowest BCUT2D eigenvalue weighted by Gasteiger charge is -2.48. The van der Waals surface area contributed by atoms with Gasteiger partial charge in [-0.3, -0.25) is 4.79 Å². The fraction of sp³-hybridized carbons (Fsp3) is 0.385. The molecule has 0 unspecified atom stereocenters. The summed E-state index contributed by atoms with van der Waals surface area (Å²) < 4.78 is 16.7. The maximum atomic E-state index is 13.3. The molecule has 2 amide bonds. The fourth-order valence-corrected chi connectivity index (χ4v) is 7.10. The normalized spacial score (nSPS) is 14.0. The van der Waals surface area contributed by atoms with E-state index in [1.54, 1.807) is 12.3 Å². The SMILES string of the molecule is C=CC(=O)Nc1cc(CCN(C(=O)OC(C)(C)C)C2CC(C)(C)C2)cc(C)c1Nc1ncc2cc(-c3c(Cl)c(OC)cc(OC)c3Cl)ccc2n1. The average Bonchev–Trinajstić information content (AvgIpc) is 3.04. The first-order valence-corrected chi connectivity index (χ1v) is 17.5. The zero-order chi connectivity index (χ0) is 37.2. The quantitative estimate of drug-likeness (QED) is 0.147. The highest BCUT2D eigenvalue weighted by atomic mass is 35.5. The van der Waals surface area contributed by atoms with Crippen LogP contribution in [0.1, 0.15) is 58.6 Å². The first-order valence-electron chi connectivity index (χ1n) is 16.7. The minimum absolute atomic E-state index is 0.116. The number of methoxy groups -OCH3 is 2. The monoisotopic (exact) mass is 733 g/mol. The van der Waals surface area contributed by atoms with E-state index in [-0.39, 0.29) is 23.5 Å². The van der Waals surface area contributed by atoms with Crippen molar-refractivity contribution in [3.05, 3.63) is 76.4 Å². The number of hydrogen-bond acceptors (Lipinski definition) is 8. The molecule has 10 nitrogen and oxygen atoms in total. The molecule has 1 saturated carbocycles. The molecule has 0 saturated heterocycles. The Hall–Kier alpha value is -4.54. The standard InChI is InChI=1S/C39H45Cl2N5O5/c1-10-31(47)43-28-16-23(13-14-46(26-19-39(6,7)20-26)37(48)51-38(3,4)5)15-22(2)35(28)45-36-42-21-25-17-24(11-12-27(25)44-36)32-33(40)29(49-8)18-30(50-9)34(32)41/h10-12,15-18,21,26H,1,13-14,19-20H2,2-9H3,(H,43,47)(H,42,44,45). The minimum Gasteiger partial charge on any atom is -0.495 e. The summed E-state index contributed by atoms with van der Waals surface area (Å²) in [7, 11) is 3.06. The molecule has 1 heterocycles. The zero-order valence-corrected chi connectivity index (χ0v) is 31.9. The van der Waals surface area contributed by atoms with E-state index in [4.69, 9.17) is 42.4 Å². The van der Waals surface area contributed by atoms with Crippen molar-refractivity contribution in [3.63, 3.8) is 0 Å². The van der Waals surface area contributed by atoms with Crippen molar-refractivity contribution in [3.8, 4) is 22.6 Å². The predicted molar refractivity (Wildman–Crippen MR) is 205 cm³/mol. The molecule has 1 fully saturated rings. The largest absolute Gasteiger partial charge is 0.495 e. The summed E-state index contributed by atoms with van der Waals surface area (Å²) in [6, 6.07) is 11.3. The number of aryl methyl sites for hydroxylation is 1. The van der Waals surface area contributed by atoms with Crippen molar-refractivity contribution in [1.29, 1.82) is 0 Å². The predicted octanol–water partition coefficient (Wildman–Crippen LogP) is 9.77. The van der Waals surface area contributed by atoms with E-state index in [9.17, 15) is 9.59 Å². The van der Waals surface area contributed by atoms with Gasteiger partial charge in [0.15, 0.2) is 0 Å². The first-order chi connectivity index (χ1) is 24.0. The van der Waals surface area contributed by atoms with E-state index >= 15 is 0 Å². The van der Waals surface area contributed by atoms with Crippen LogP contribution in [0.4, 0.5) is 22.1 Å². The smallest absolute Gasteiger partial charge is 0.410 e. The molecule has 270 valence electrons. The molecular weight excluding hydrogens is 689 g/mol. The molecule has 0 bridgehead atoms. The van der Waals surface area contributed by atoms with Crippen molar-refractivity contribution in [2.75, 3.05) is 31.4 Å². The van der Waals surface area contributed by atoms with Gasteiger partial charge < -0.3 is 29.7 Å². The molecule has 51 heavy (non-hydrogen) atoms. The molecule has 5 rings (SSSR count). The van der Waals surface area contributed by atoms with Crippen LogP contribution in [0, 0.1) is 12.3 Å². The lowest BCUT2D eigenvalue weighted by Crippen LogP contribution is -2.52. The summed E-state index contributed by atoms with van der Waals surface area (Å²) >= 11 is 13.3. The van der Waals surface area contributed by atoms with E-state index in [0.29, 0.717) is 62.9 Å². The van der Waals surface area contributed by atoms with Crippen LogP contribution in [0.3, 0.4) is 0 Å². The third kappa shape index (κ3) is 8.68.